The maximum absolute atomic E-state index is 13.2. The highest BCUT2D eigenvalue weighted by Gasteiger charge is 2.54. The van der Waals surface area contributed by atoms with Gasteiger partial charge in [0.05, 0.1) is 0 Å². The monoisotopic (exact) mass is 551 g/mol. The van der Waals surface area contributed by atoms with Crippen LogP contribution in [0.15, 0.2) is 34.0 Å². The summed E-state index contributed by atoms with van der Waals surface area (Å²) < 4.78 is 5.14. The number of carbonyl (C=O) groups is 5. The fourth-order valence-corrected chi connectivity index (χ4v) is 5.64. The first kappa shape index (κ1) is 28.0. The van der Waals surface area contributed by atoms with Crippen molar-refractivity contribution in [3.05, 3.63) is 34.5 Å². The van der Waals surface area contributed by atoms with Crippen LogP contribution in [-0.2, 0) is 33.5 Å². The summed E-state index contributed by atoms with van der Waals surface area (Å²) in [5.41, 5.74) is -1.24. The first-order valence-corrected chi connectivity index (χ1v) is 13.1. The predicted molar refractivity (Wildman–Crippen MR) is 135 cm³/mol. The standard InChI is InChI=1S/C22H25N5O8S2/c1-22(2,3)35-14(29)8-34-26-15(11-6-5-7-13(24-11)23-10-28)18(30)25-16-19(31)27-17(21(32)33)12(36-4)9-37-20(16)27/h5-7,10,16,20H,8-9H2,1-4H3,(H,25,30)(H,32,33)(H,23,24,28)/b26-15+/t16?,20-/m1/s1. The lowest BCUT2D eigenvalue weighted by Gasteiger charge is -2.49. The van der Waals surface area contributed by atoms with Crippen LogP contribution in [0.1, 0.15) is 26.5 Å². The summed E-state index contributed by atoms with van der Waals surface area (Å²) >= 11 is 2.56. The van der Waals surface area contributed by atoms with Gasteiger partial charge in [0, 0.05) is 10.7 Å². The zero-order valence-corrected chi connectivity index (χ0v) is 22.0. The number of hydrogen-bond donors (Lipinski definition) is 3. The molecule has 3 amide bonds. The molecule has 0 saturated carbocycles. The Morgan fingerprint density at radius 2 is 2.08 bits per heavy atom. The number of carboxylic acids is 1. The molecule has 0 bridgehead atoms. The summed E-state index contributed by atoms with van der Waals surface area (Å²) in [5, 5.41) is 17.6. The van der Waals surface area contributed by atoms with Crippen LogP contribution >= 0.6 is 23.5 Å². The number of oxime groups is 1. The van der Waals surface area contributed by atoms with Gasteiger partial charge in [0.2, 0.25) is 13.0 Å². The second kappa shape index (κ2) is 11.6. The number of hydrogen-bond acceptors (Lipinski definition) is 11. The molecule has 0 radical (unpaired) electrons. The fourth-order valence-electron chi connectivity index (χ4n) is 3.39. The Morgan fingerprint density at radius 1 is 1.35 bits per heavy atom. The summed E-state index contributed by atoms with van der Waals surface area (Å²) in [6, 6.07) is 3.38. The van der Waals surface area contributed by atoms with E-state index in [9.17, 15) is 29.1 Å². The number of fused-ring (bicyclic) bond motifs is 1. The number of pyridine rings is 1. The van der Waals surface area contributed by atoms with Crippen LogP contribution < -0.4 is 10.6 Å². The van der Waals surface area contributed by atoms with Crippen LogP contribution in [0.3, 0.4) is 0 Å². The number of carbonyl (C=O) groups excluding carboxylic acids is 4. The largest absolute Gasteiger partial charge is 0.477 e. The van der Waals surface area contributed by atoms with Crippen LogP contribution in [0.2, 0.25) is 0 Å². The van der Waals surface area contributed by atoms with E-state index in [1.165, 1.54) is 41.7 Å². The minimum absolute atomic E-state index is 0.00995. The Morgan fingerprint density at radius 3 is 2.70 bits per heavy atom. The van der Waals surface area contributed by atoms with Crippen molar-refractivity contribution in [2.75, 3.05) is 23.9 Å². The molecule has 3 heterocycles. The van der Waals surface area contributed by atoms with E-state index < -0.39 is 47.4 Å². The number of aromatic nitrogens is 1. The highest BCUT2D eigenvalue weighted by molar-refractivity contribution is 8.05. The van der Waals surface area contributed by atoms with E-state index in [2.05, 4.69) is 20.8 Å². The van der Waals surface area contributed by atoms with Gasteiger partial charge in [-0.3, -0.25) is 19.3 Å². The van der Waals surface area contributed by atoms with Crippen LogP contribution in [0.5, 0.6) is 0 Å². The molecule has 1 unspecified atom stereocenters. The molecule has 2 aliphatic rings. The average Bonchev–Trinajstić information content (AvgIpc) is 2.83. The minimum atomic E-state index is -1.23. The molecule has 0 aromatic carbocycles. The van der Waals surface area contributed by atoms with E-state index in [1.807, 2.05) is 0 Å². The van der Waals surface area contributed by atoms with E-state index in [0.29, 0.717) is 17.1 Å². The topological polar surface area (TPSA) is 177 Å². The second-order valence-corrected chi connectivity index (χ2v) is 10.6. The Labute approximate surface area is 220 Å². The molecular formula is C22H25N5O8S2. The SMILES string of the molecule is CSC1=C(C(=O)O)N2C(=O)C(NC(=O)/C(=N/OCC(=O)OC(C)(C)C)c3cccc(NC=O)n3)[C@H]2SC1. The number of ether oxygens (including phenoxy) is 1. The van der Waals surface area contributed by atoms with E-state index in [1.54, 1.807) is 27.0 Å². The van der Waals surface area contributed by atoms with Gasteiger partial charge in [0.1, 0.15) is 34.2 Å². The van der Waals surface area contributed by atoms with Crippen molar-refractivity contribution in [1.29, 1.82) is 0 Å². The van der Waals surface area contributed by atoms with Crippen molar-refractivity contribution in [1.82, 2.24) is 15.2 Å². The van der Waals surface area contributed by atoms with Crippen LogP contribution in [0.25, 0.3) is 0 Å². The molecule has 0 aliphatic carbocycles. The third-order valence-electron chi connectivity index (χ3n) is 4.84. The molecular weight excluding hydrogens is 526 g/mol. The normalized spacial score (nSPS) is 19.4. The quantitative estimate of drug-likeness (QED) is 0.123. The third-order valence-corrected chi connectivity index (χ3v) is 7.13. The molecule has 3 N–H and O–H groups in total. The van der Waals surface area contributed by atoms with Crippen molar-refractivity contribution in [2.45, 2.75) is 37.8 Å². The number of β-lactam (4-membered cyclic amide) rings is 1. The highest BCUT2D eigenvalue weighted by Crippen LogP contribution is 2.42. The summed E-state index contributed by atoms with van der Waals surface area (Å²) in [7, 11) is 0. The Kier molecular flexibility index (Phi) is 8.81. The summed E-state index contributed by atoms with van der Waals surface area (Å²) in [4.78, 5) is 71.4. The molecule has 2 atom stereocenters. The molecule has 1 aromatic rings. The smallest absolute Gasteiger partial charge is 0.353 e. The fraction of sp³-hybridized carbons (Fsp3) is 0.409. The van der Waals surface area contributed by atoms with Crippen LogP contribution in [0, 0.1) is 0 Å². The van der Waals surface area contributed by atoms with Crippen LogP contribution in [-0.4, -0.2) is 86.5 Å². The van der Waals surface area contributed by atoms with Gasteiger partial charge in [0.15, 0.2) is 5.71 Å². The zero-order chi connectivity index (χ0) is 27.3. The molecule has 37 heavy (non-hydrogen) atoms. The maximum atomic E-state index is 13.2. The number of thioether (sulfide) groups is 2. The van der Waals surface area contributed by atoms with Gasteiger partial charge in [0.25, 0.3) is 11.8 Å². The molecule has 13 nitrogen and oxygen atoms in total. The van der Waals surface area contributed by atoms with E-state index in [4.69, 9.17) is 9.57 Å². The van der Waals surface area contributed by atoms with Crippen molar-refractivity contribution in [3.8, 4) is 0 Å². The van der Waals surface area contributed by atoms with Gasteiger partial charge in [-0.2, -0.15) is 0 Å². The minimum Gasteiger partial charge on any atom is -0.477 e. The number of aliphatic carboxylic acids is 1. The molecule has 0 spiro atoms. The number of rotatable bonds is 10. The number of nitrogens with zero attached hydrogens (tertiary/aromatic N) is 3. The van der Waals surface area contributed by atoms with Gasteiger partial charge in [-0.25, -0.2) is 14.6 Å². The molecule has 1 saturated heterocycles. The Bertz CT molecular complexity index is 1180. The average molecular weight is 552 g/mol. The molecule has 1 fully saturated rings. The van der Waals surface area contributed by atoms with Crippen LogP contribution in [0.4, 0.5) is 5.82 Å². The second-order valence-electron chi connectivity index (χ2n) is 8.61. The van der Waals surface area contributed by atoms with E-state index in [0.717, 1.165) is 4.90 Å². The zero-order valence-electron chi connectivity index (χ0n) is 20.3. The van der Waals surface area contributed by atoms with Gasteiger partial charge in [-0.05, 0) is 39.2 Å². The van der Waals surface area contributed by atoms with Gasteiger partial charge in [-0.1, -0.05) is 11.2 Å². The number of anilines is 1. The number of amides is 3. The Hall–Kier alpha value is -3.59. The van der Waals surface area contributed by atoms with Crippen molar-refractivity contribution < 1.29 is 38.7 Å². The first-order valence-electron chi connectivity index (χ1n) is 10.8. The third kappa shape index (κ3) is 6.60. The van der Waals surface area contributed by atoms with Crippen molar-refractivity contribution >= 4 is 65.2 Å². The number of nitrogens with one attached hydrogen (secondary N) is 2. The first-order chi connectivity index (χ1) is 17.5. The lowest BCUT2D eigenvalue weighted by Crippen LogP contribution is -2.71. The molecule has 198 valence electrons. The summed E-state index contributed by atoms with van der Waals surface area (Å²) in [6.45, 7) is 4.44. The lowest BCUT2D eigenvalue weighted by molar-refractivity contribution is -0.160. The van der Waals surface area contributed by atoms with Crippen molar-refractivity contribution in [3.63, 3.8) is 0 Å². The highest BCUT2D eigenvalue weighted by atomic mass is 32.2. The number of esters is 1. The summed E-state index contributed by atoms with van der Waals surface area (Å²) in [6.07, 6.45) is 2.13. The summed E-state index contributed by atoms with van der Waals surface area (Å²) in [5.74, 6) is -2.90. The van der Waals surface area contributed by atoms with Gasteiger partial charge < -0.3 is 25.3 Å². The van der Waals surface area contributed by atoms with Crippen molar-refractivity contribution in [2.24, 2.45) is 5.16 Å². The molecule has 3 rings (SSSR count). The molecule has 2 aliphatic heterocycles. The number of carboxylic acid groups (broad SMARTS) is 1. The lowest BCUT2D eigenvalue weighted by atomic mass is 10.0. The van der Waals surface area contributed by atoms with Gasteiger partial charge >= 0.3 is 11.9 Å². The van der Waals surface area contributed by atoms with Gasteiger partial charge in [-0.15, -0.1) is 23.5 Å². The van der Waals surface area contributed by atoms with E-state index in [-0.39, 0.29) is 22.9 Å². The molecule has 15 heteroatoms. The maximum Gasteiger partial charge on any atom is 0.353 e. The predicted octanol–water partition coefficient (Wildman–Crippen LogP) is 0.771. The van der Waals surface area contributed by atoms with E-state index >= 15 is 0 Å². The Balaban J connectivity index is 1.82. The molecule has 1 aromatic heterocycles.